The number of rotatable bonds is 17. The third kappa shape index (κ3) is 22.0. The highest BCUT2D eigenvalue weighted by atomic mass is 16.4. The molecule has 0 aliphatic carbocycles. The molecule has 0 saturated carbocycles. The molecule has 2 rings (SSSR count). The van der Waals surface area contributed by atoms with E-state index >= 15 is 0 Å². The monoisotopic (exact) mass is 732 g/mol. The molecule has 288 valence electrons. The summed E-state index contributed by atoms with van der Waals surface area (Å²) < 4.78 is 0. The molecule has 4 amide bonds. The standard InChI is InChI=1S/C27H30N4O10.C4H10.C3H6O2.C2H6/c1-15(32)30-21(12-16-6-8-17(9-7-16)18-4-2-3-5-19(18)27(40)41)26(39)28-13-22(33)31-20(10-11-23(34)35)25(38)29-14-24(36)37;1-3-4-2;1-2-3(4)5;1-2/h2-9,20-21H,10-14H2,1H3,(H,28,39)(H,29,38)(H,30,32)(H,31,33)(H,34,35)(H,36,37)(H,40,41);3-4H2,1-2H3;2H2,1H3,(H,4,5);1-2H3. The number of carboxylic acids is 4. The minimum atomic E-state index is -1.36. The topological polar surface area (TPSA) is 266 Å². The van der Waals surface area contributed by atoms with Crippen LogP contribution in [0.1, 0.15) is 89.6 Å². The lowest BCUT2D eigenvalue weighted by Gasteiger charge is -2.20. The zero-order chi connectivity index (χ0) is 40.2. The van der Waals surface area contributed by atoms with Crippen LogP contribution in [0.15, 0.2) is 48.5 Å². The van der Waals surface area contributed by atoms with Crippen molar-refractivity contribution in [3.8, 4) is 11.1 Å². The van der Waals surface area contributed by atoms with Gasteiger partial charge in [-0.1, -0.05) is 89.9 Å². The van der Waals surface area contributed by atoms with E-state index < -0.39 is 79.1 Å². The van der Waals surface area contributed by atoms with Crippen molar-refractivity contribution in [1.29, 1.82) is 0 Å². The Kier molecular flexibility index (Phi) is 26.0. The average Bonchev–Trinajstić information content (AvgIpc) is 3.12. The maximum absolute atomic E-state index is 12.8. The SMILES string of the molecule is CC.CC(=O)NC(Cc1ccc(-c2ccccc2C(=O)O)cc1)C(=O)NCC(=O)NC(CCC(=O)O)C(=O)NCC(=O)O.CCC(=O)O.CCCC. The molecule has 0 aliphatic rings. The normalized spacial score (nSPS) is 10.7. The largest absolute Gasteiger partial charge is 0.481 e. The van der Waals surface area contributed by atoms with Gasteiger partial charge >= 0.3 is 23.9 Å². The van der Waals surface area contributed by atoms with Crippen LogP contribution in [0.5, 0.6) is 0 Å². The van der Waals surface area contributed by atoms with Gasteiger partial charge in [-0.25, -0.2) is 4.79 Å². The number of aliphatic carboxylic acids is 3. The Balaban J connectivity index is 0. The van der Waals surface area contributed by atoms with E-state index in [2.05, 4.69) is 35.1 Å². The first-order chi connectivity index (χ1) is 24.6. The van der Waals surface area contributed by atoms with Gasteiger partial charge in [0.2, 0.25) is 23.6 Å². The number of carbonyl (C=O) groups excluding carboxylic acids is 4. The minimum Gasteiger partial charge on any atom is -0.481 e. The number of hydrogen-bond acceptors (Lipinski definition) is 8. The van der Waals surface area contributed by atoms with Crippen LogP contribution in [0.3, 0.4) is 0 Å². The highest BCUT2D eigenvalue weighted by molar-refractivity contribution is 5.96. The molecule has 0 fully saturated rings. The number of carbonyl (C=O) groups is 8. The van der Waals surface area contributed by atoms with Crippen LogP contribution < -0.4 is 21.3 Å². The van der Waals surface area contributed by atoms with Gasteiger partial charge in [-0.2, -0.15) is 0 Å². The second-order valence-corrected chi connectivity index (χ2v) is 10.6. The van der Waals surface area contributed by atoms with E-state index in [9.17, 15) is 43.5 Å². The molecule has 52 heavy (non-hydrogen) atoms. The van der Waals surface area contributed by atoms with Crippen molar-refractivity contribution in [2.45, 2.75) is 92.2 Å². The van der Waals surface area contributed by atoms with Crippen molar-refractivity contribution < 1.29 is 58.8 Å². The average molecular weight is 733 g/mol. The van der Waals surface area contributed by atoms with Gasteiger partial charge in [0.05, 0.1) is 12.1 Å². The van der Waals surface area contributed by atoms with Crippen molar-refractivity contribution in [3.05, 3.63) is 59.7 Å². The first-order valence-electron chi connectivity index (χ1n) is 16.7. The maximum Gasteiger partial charge on any atom is 0.336 e. The number of hydrogen-bond donors (Lipinski definition) is 8. The zero-order valence-electron chi connectivity index (χ0n) is 30.5. The summed E-state index contributed by atoms with van der Waals surface area (Å²) in [6.07, 6.45) is 2.09. The molecule has 16 heteroatoms. The summed E-state index contributed by atoms with van der Waals surface area (Å²) in [5.41, 5.74) is 1.89. The molecule has 0 bridgehead atoms. The third-order valence-corrected chi connectivity index (χ3v) is 6.49. The summed E-state index contributed by atoms with van der Waals surface area (Å²) in [6, 6.07) is 10.7. The zero-order valence-corrected chi connectivity index (χ0v) is 30.5. The Hall–Kier alpha value is -5.80. The molecule has 16 nitrogen and oxygen atoms in total. The highest BCUT2D eigenvalue weighted by Gasteiger charge is 2.24. The van der Waals surface area contributed by atoms with E-state index in [4.69, 9.17) is 15.3 Å². The molecule has 2 atom stereocenters. The van der Waals surface area contributed by atoms with E-state index in [-0.39, 0.29) is 24.8 Å². The quantitative estimate of drug-likeness (QED) is 0.117. The molecule has 2 unspecified atom stereocenters. The number of carboxylic acid groups (broad SMARTS) is 4. The molecule has 0 saturated heterocycles. The summed E-state index contributed by atoms with van der Waals surface area (Å²) in [5.74, 6) is -7.37. The van der Waals surface area contributed by atoms with Crippen LogP contribution in [-0.2, 0) is 40.0 Å². The second kappa shape index (κ2) is 28.0. The molecule has 0 aliphatic heterocycles. The molecular formula is C36H52N4O12. The molecule has 8 N–H and O–H groups in total. The molecule has 2 aromatic carbocycles. The van der Waals surface area contributed by atoms with Gasteiger partial charge in [0.1, 0.15) is 18.6 Å². The fraction of sp³-hybridized carbons (Fsp3) is 0.444. The molecular weight excluding hydrogens is 680 g/mol. The van der Waals surface area contributed by atoms with Gasteiger partial charge in [0, 0.05) is 26.2 Å². The molecule has 0 aromatic heterocycles. The van der Waals surface area contributed by atoms with E-state index in [0.29, 0.717) is 16.7 Å². The summed E-state index contributed by atoms with van der Waals surface area (Å²) in [6.45, 7) is 9.82. The predicted molar refractivity (Wildman–Crippen MR) is 192 cm³/mol. The van der Waals surface area contributed by atoms with Crippen LogP contribution >= 0.6 is 0 Å². The first-order valence-corrected chi connectivity index (χ1v) is 16.7. The first kappa shape index (κ1) is 48.3. The van der Waals surface area contributed by atoms with Crippen molar-refractivity contribution in [2.24, 2.45) is 0 Å². The van der Waals surface area contributed by atoms with Crippen molar-refractivity contribution >= 4 is 47.5 Å². The number of amides is 4. The number of unbranched alkanes of at least 4 members (excludes halogenated alkanes) is 1. The van der Waals surface area contributed by atoms with Crippen LogP contribution in [0.4, 0.5) is 0 Å². The molecule has 2 aromatic rings. The maximum atomic E-state index is 12.8. The highest BCUT2D eigenvalue weighted by Crippen LogP contribution is 2.24. The van der Waals surface area contributed by atoms with E-state index in [1.807, 2.05) is 13.8 Å². The fourth-order valence-electron chi connectivity index (χ4n) is 3.79. The number of aromatic carboxylic acids is 1. The Morgan fingerprint density at radius 1 is 0.654 bits per heavy atom. The van der Waals surface area contributed by atoms with Crippen molar-refractivity contribution in [1.82, 2.24) is 21.3 Å². The van der Waals surface area contributed by atoms with Crippen molar-refractivity contribution in [3.63, 3.8) is 0 Å². The van der Waals surface area contributed by atoms with Crippen molar-refractivity contribution in [2.75, 3.05) is 13.1 Å². The Labute approximate surface area is 303 Å². The van der Waals surface area contributed by atoms with Gasteiger partial charge in [0.15, 0.2) is 0 Å². The lowest BCUT2D eigenvalue weighted by Crippen LogP contribution is -2.52. The van der Waals surface area contributed by atoms with Crippen LogP contribution in [0.25, 0.3) is 11.1 Å². The van der Waals surface area contributed by atoms with E-state index in [1.165, 1.54) is 25.8 Å². The summed E-state index contributed by atoms with van der Waals surface area (Å²) >= 11 is 0. The number of benzene rings is 2. The smallest absolute Gasteiger partial charge is 0.336 e. The second-order valence-electron chi connectivity index (χ2n) is 10.6. The fourth-order valence-corrected chi connectivity index (χ4v) is 3.79. The van der Waals surface area contributed by atoms with Gasteiger partial charge in [-0.05, 0) is 29.2 Å². The Bertz CT molecular complexity index is 1460. The van der Waals surface area contributed by atoms with Gasteiger partial charge < -0.3 is 41.7 Å². The summed E-state index contributed by atoms with van der Waals surface area (Å²) in [7, 11) is 0. The van der Waals surface area contributed by atoms with Gasteiger partial charge in [-0.3, -0.25) is 33.6 Å². The van der Waals surface area contributed by atoms with E-state index in [0.717, 1.165) is 0 Å². The molecule has 0 heterocycles. The van der Waals surface area contributed by atoms with Crippen LogP contribution in [-0.4, -0.2) is 93.1 Å². The van der Waals surface area contributed by atoms with Crippen LogP contribution in [0.2, 0.25) is 0 Å². The lowest BCUT2D eigenvalue weighted by molar-refractivity contribution is -0.140. The van der Waals surface area contributed by atoms with Gasteiger partial charge in [-0.15, -0.1) is 0 Å². The van der Waals surface area contributed by atoms with Crippen LogP contribution in [0, 0.1) is 0 Å². The molecule has 0 spiro atoms. The number of nitrogens with one attached hydrogen (secondary N) is 4. The molecule has 0 radical (unpaired) electrons. The summed E-state index contributed by atoms with van der Waals surface area (Å²) in [4.78, 5) is 91.6. The Morgan fingerprint density at radius 2 is 1.17 bits per heavy atom. The predicted octanol–water partition coefficient (Wildman–Crippen LogP) is 3.08. The third-order valence-electron chi connectivity index (χ3n) is 6.49. The lowest BCUT2D eigenvalue weighted by atomic mass is 9.97. The van der Waals surface area contributed by atoms with E-state index in [1.54, 1.807) is 49.4 Å². The van der Waals surface area contributed by atoms with Gasteiger partial charge in [0.25, 0.3) is 0 Å². The summed E-state index contributed by atoms with van der Waals surface area (Å²) in [5, 5.41) is 43.9. The minimum absolute atomic E-state index is 0.0344. The Morgan fingerprint density at radius 3 is 1.63 bits per heavy atom.